The lowest BCUT2D eigenvalue weighted by atomic mass is 10.0. The molecule has 2 rings (SSSR count). The monoisotopic (exact) mass is 307 g/mol. The zero-order valence-corrected chi connectivity index (χ0v) is 13.4. The average molecular weight is 307 g/mol. The number of hydrogen-bond donors (Lipinski definition) is 1. The van der Waals surface area contributed by atoms with E-state index in [4.69, 9.17) is 9.47 Å². The van der Waals surface area contributed by atoms with Crippen molar-refractivity contribution < 1.29 is 14.6 Å². The number of aromatic nitrogens is 1. The molecular weight excluding hydrogens is 286 g/mol. The summed E-state index contributed by atoms with van der Waals surface area (Å²) in [4.78, 5) is 5.28. The van der Waals surface area contributed by atoms with Crippen LogP contribution >= 0.6 is 11.3 Å². The number of rotatable bonds is 7. The zero-order chi connectivity index (χ0) is 15.2. The third-order valence-corrected chi connectivity index (χ3v) is 4.21. The van der Waals surface area contributed by atoms with Crippen LogP contribution < -0.4 is 4.74 Å². The number of methoxy groups -OCH3 is 1. The van der Waals surface area contributed by atoms with Gasteiger partial charge in [0.15, 0.2) is 0 Å². The third kappa shape index (κ3) is 4.27. The van der Waals surface area contributed by atoms with Gasteiger partial charge in [0, 0.05) is 7.11 Å². The molecule has 1 N–H and O–H groups in total. The molecule has 0 radical (unpaired) electrons. The Balaban J connectivity index is 1.99. The van der Waals surface area contributed by atoms with Crippen molar-refractivity contribution in [2.45, 2.75) is 39.6 Å². The van der Waals surface area contributed by atoms with Gasteiger partial charge in [-0.25, -0.2) is 4.98 Å². The van der Waals surface area contributed by atoms with Crippen LogP contribution in [0, 0.1) is 0 Å². The van der Waals surface area contributed by atoms with Crippen LogP contribution in [0.15, 0.2) is 24.3 Å². The molecule has 21 heavy (non-hydrogen) atoms. The quantitative estimate of drug-likeness (QED) is 0.851. The van der Waals surface area contributed by atoms with Gasteiger partial charge in [-0.3, -0.25) is 0 Å². The van der Waals surface area contributed by atoms with E-state index in [-0.39, 0.29) is 6.61 Å². The van der Waals surface area contributed by atoms with Gasteiger partial charge < -0.3 is 14.6 Å². The van der Waals surface area contributed by atoms with Crippen molar-refractivity contribution in [2.75, 3.05) is 7.11 Å². The minimum absolute atomic E-state index is 0.0144. The van der Waals surface area contributed by atoms with Crippen molar-refractivity contribution in [3.63, 3.8) is 0 Å². The molecule has 0 saturated heterocycles. The summed E-state index contributed by atoms with van der Waals surface area (Å²) in [5.41, 5.74) is 2.08. The number of aliphatic hydroxyl groups excluding tert-OH is 1. The molecule has 114 valence electrons. The van der Waals surface area contributed by atoms with Crippen molar-refractivity contribution in [3.05, 3.63) is 45.4 Å². The molecule has 0 aliphatic carbocycles. The van der Waals surface area contributed by atoms with Crippen LogP contribution in [0.2, 0.25) is 0 Å². The van der Waals surface area contributed by atoms with E-state index in [2.05, 4.69) is 31.0 Å². The van der Waals surface area contributed by atoms with Gasteiger partial charge in [-0.2, -0.15) is 0 Å². The number of ether oxygens (including phenoxy) is 2. The second kappa shape index (κ2) is 7.54. The van der Waals surface area contributed by atoms with Crippen LogP contribution in [0.1, 0.15) is 40.9 Å². The Hall–Kier alpha value is -1.43. The second-order valence-electron chi connectivity index (χ2n) is 5.08. The Bertz CT molecular complexity index is 563. The molecule has 0 atom stereocenters. The lowest BCUT2D eigenvalue weighted by Crippen LogP contribution is -1.97. The molecule has 1 heterocycles. The van der Waals surface area contributed by atoms with E-state index in [1.165, 1.54) is 16.9 Å². The van der Waals surface area contributed by atoms with E-state index in [0.29, 0.717) is 19.1 Å². The first-order valence-electron chi connectivity index (χ1n) is 6.94. The lowest BCUT2D eigenvalue weighted by molar-refractivity contribution is 0.178. The molecule has 0 aliphatic rings. The third-order valence-electron chi connectivity index (χ3n) is 3.16. The molecule has 0 bridgehead atoms. The van der Waals surface area contributed by atoms with Crippen LogP contribution in [-0.2, 0) is 24.6 Å². The molecule has 0 unspecified atom stereocenters. The number of benzene rings is 1. The Morgan fingerprint density at radius 3 is 2.48 bits per heavy atom. The average Bonchev–Trinajstić information content (AvgIpc) is 2.88. The summed E-state index contributed by atoms with van der Waals surface area (Å²) in [6, 6.07) is 8.12. The minimum Gasteiger partial charge on any atom is -0.486 e. The lowest BCUT2D eigenvalue weighted by Gasteiger charge is -2.07. The highest BCUT2D eigenvalue weighted by Gasteiger charge is 2.10. The molecule has 0 amide bonds. The van der Waals surface area contributed by atoms with Crippen molar-refractivity contribution >= 4 is 11.3 Å². The molecule has 0 aliphatic heterocycles. The smallest absolute Gasteiger partial charge is 0.140 e. The van der Waals surface area contributed by atoms with Crippen LogP contribution in [0.5, 0.6) is 5.75 Å². The number of aliphatic hydroxyl groups is 1. The van der Waals surface area contributed by atoms with Gasteiger partial charge in [-0.15, -0.1) is 11.3 Å². The predicted octanol–water partition coefficient (Wildman–Crippen LogP) is 3.48. The number of nitrogens with zero attached hydrogens (tertiary/aromatic N) is 1. The van der Waals surface area contributed by atoms with Crippen molar-refractivity contribution in [2.24, 2.45) is 0 Å². The van der Waals surface area contributed by atoms with Crippen LogP contribution in [0.3, 0.4) is 0 Å². The van der Waals surface area contributed by atoms with Gasteiger partial charge in [0.25, 0.3) is 0 Å². The first kappa shape index (κ1) is 15.9. The number of thiazole rings is 1. The van der Waals surface area contributed by atoms with Gasteiger partial charge in [0.05, 0.1) is 23.8 Å². The summed E-state index contributed by atoms with van der Waals surface area (Å²) in [7, 11) is 1.62. The standard InChI is InChI=1S/C16H21NO3S/c1-11(2)12-4-6-13(7-5-12)20-10-16-17-14(9-19-3)15(8-18)21-16/h4-7,11,18H,8-10H2,1-3H3. The van der Waals surface area contributed by atoms with Gasteiger partial charge in [-0.05, 0) is 23.6 Å². The van der Waals surface area contributed by atoms with E-state index < -0.39 is 0 Å². The van der Waals surface area contributed by atoms with Gasteiger partial charge in [-0.1, -0.05) is 26.0 Å². The SMILES string of the molecule is COCc1nc(COc2ccc(C(C)C)cc2)sc1CO. The van der Waals surface area contributed by atoms with E-state index in [9.17, 15) is 5.11 Å². The predicted molar refractivity (Wildman–Crippen MR) is 83.6 cm³/mol. The summed E-state index contributed by atoms with van der Waals surface area (Å²) in [5, 5.41) is 10.1. The number of hydrogen-bond acceptors (Lipinski definition) is 5. The summed E-state index contributed by atoms with van der Waals surface area (Å²) in [6.45, 7) is 5.13. The van der Waals surface area contributed by atoms with E-state index in [1.807, 2.05) is 12.1 Å². The van der Waals surface area contributed by atoms with Gasteiger partial charge in [0.2, 0.25) is 0 Å². The Labute approximate surface area is 129 Å². The fraction of sp³-hybridized carbons (Fsp3) is 0.438. The van der Waals surface area contributed by atoms with Crippen molar-refractivity contribution in [1.29, 1.82) is 0 Å². The molecule has 1 aromatic heterocycles. The maximum Gasteiger partial charge on any atom is 0.140 e. The van der Waals surface area contributed by atoms with E-state index in [1.54, 1.807) is 7.11 Å². The van der Waals surface area contributed by atoms with Crippen LogP contribution in [0.4, 0.5) is 0 Å². The molecule has 0 fully saturated rings. The highest BCUT2D eigenvalue weighted by Crippen LogP contribution is 2.23. The highest BCUT2D eigenvalue weighted by atomic mass is 32.1. The van der Waals surface area contributed by atoms with Crippen LogP contribution in [0.25, 0.3) is 0 Å². The molecule has 0 saturated carbocycles. The zero-order valence-electron chi connectivity index (χ0n) is 12.6. The molecule has 4 nitrogen and oxygen atoms in total. The van der Waals surface area contributed by atoms with Crippen molar-refractivity contribution in [1.82, 2.24) is 4.98 Å². The minimum atomic E-state index is -0.0144. The molecular formula is C16H21NO3S. The normalized spacial score (nSPS) is 11.1. The fourth-order valence-corrected chi connectivity index (χ4v) is 2.81. The highest BCUT2D eigenvalue weighted by molar-refractivity contribution is 7.11. The molecule has 5 heteroatoms. The molecule has 2 aromatic rings. The van der Waals surface area contributed by atoms with E-state index in [0.717, 1.165) is 21.3 Å². The first-order valence-corrected chi connectivity index (χ1v) is 7.75. The summed E-state index contributed by atoms with van der Waals surface area (Å²) >= 11 is 1.46. The first-order chi connectivity index (χ1) is 10.1. The second-order valence-corrected chi connectivity index (χ2v) is 6.25. The summed E-state index contributed by atoms with van der Waals surface area (Å²) in [6.07, 6.45) is 0. The van der Waals surface area contributed by atoms with Crippen LogP contribution in [-0.4, -0.2) is 17.2 Å². The summed E-state index contributed by atoms with van der Waals surface area (Å²) < 4.78 is 10.8. The maximum atomic E-state index is 9.30. The molecule has 1 aromatic carbocycles. The maximum absolute atomic E-state index is 9.30. The van der Waals surface area contributed by atoms with Crippen molar-refractivity contribution in [3.8, 4) is 5.75 Å². The van der Waals surface area contributed by atoms with Gasteiger partial charge >= 0.3 is 0 Å². The summed E-state index contributed by atoms with van der Waals surface area (Å²) in [5.74, 6) is 1.34. The Morgan fingerprint density at radius 1 is 1.19 bits per heavy atom. The topological polar surface area (TPSA) is 51.6 Å². The largest absolute Gasteiger partial charge is 0.486 e. The Kier molecular flexibility index (Phi) is 5.73. The van der Waals surface area contributed by atoms with E-state index >= 15 is 0 Å². The Morgan fingerprint density at radius 2 is 1.90 bits per heavy atom. The van der Waals surface area contributed by atoms with Gasteiger partial charge in [0.1, 0.15) is 17.4 Å². The molecule has 0 spiro atoms. The fourth-order valence-electron chi connectivity index (χ4n) is 1.97.